The van der Waals surface area contributed by atoms with Gasteiger partial charge in [0, 0.05) is 31.1 Å². The average molecular weight is 322 g/mol. The fraction of sp³-hybridized carbons (Fsp3) is 0.789. The Balaban J connectivity index is 2.22. The highest BCUT2D eigenvalue weighted by Crippen LogP contribution is 2.28. The Kier molecular flexibility index (Phi) is 7.80. The first-order valence-electron chi connectivity index (χ1n) is 8.82. The standard InChI is InChI=1S/C19H30O4/c1-12(2)17(14(4)20)11-15(21)8-6-5-7-9-16-18(22)10-13(3)19(16)23/h12-13,16-17H,5-11H2,1-4H3/t13?,16?,17-/m0/s1. The normalized spacial score (nSPS) is 22.7. The van der Waals surface area contributed by atoms with E-state index in [2.05, 4.69) is 0 Å². The van der Waals surface area contributed by atoms with Gasteiger partial charge in [-0.3, -0.25) is 19.2 Å². The Hall–Kier alpha value is -1.32. The molecule has 2 unspecified atom stereocenters. The molecule has 23 heavy (non-hydrogen) atoms. The summed E-state index contributed by atoms with van der Waals surface area (Å²) in [6, 6.07) is 0. The van der Waals surface area contributed by atoms with Gasteiger partial charge in [-0.2, -0.15) is 0 Å². The molecule has 1 saturated carbocycles. The molecule has 0 amide bonds. The number of hydrogen-bond acceptors (Lipinski definition) is 4. The van der Waals surface area contributed by atoms with Crippen LogP contribution in [0.1, 0.15) is 72.6 Å². The molecule has 0 aliphatic heterocycles. The maximum absolute atomic E-state index is 12.0. The number of unbranched alkanes of at least 4 members (excludes halogenated alkanes) is 2. The van der Waals surface area contributed by atoms with Gasteiger partial charge in [-0.05, 0) is 25.7 Å². The molecule has 0 N–H and O–H groups in total. The summed E-state index contributed by atoms with van der Waals surface area (Å²) in [7, 11) is 0. The summed E-state index contributed by atoms with van der Waals surface area (Å²) < 4.78 is 0. The van der Waals surface area contributed by atoms with Gasteiger partial charge in [-0.15, -0.1) is 0 Å². The van der Waals surface area contributed by atoms with E-state index in [0.717, 1.165) is 19.3 Å². The smallest absolute Gasteiger partial charge is 0.146 e. The van der Waals surface area contributed by atoms with Gasteiger partial charge in [0.15, 0.2) is 0 Å². The van der Waals surface area contributed by atoms with Crippen molar-refractivity contribution in [1.82, 2.24) is 0 Å². The molecule has 0 aromatic rings. The van der Waals surface area contributed by atoms with Crippen molar-refractivity contribution >= 4 is 23.1 Å². The van der Waals surface area contributed by atoms with Crippen LogP contribution in [0.25, 0.3) is 0 Å². The molecule has 3 atom stereocenters. The van der Waals surface area contributed by atoms with Crippen LogP contribution in [0.5, 0.6) is 0 Å². The van der Waals surface area contributed by atoms with Gasteiger partial charge in [-0.1, -0.05) is 33.6 Å². The van der Waals surface area contributed by atoms with Crippen LogP contribution in [0.3, 0.4) is 0 Å². The third-order valence-electron chi connectivity index (χ3n) is 4.95. The molecule has 130 valence electrons. The highest BCUT2D eigenvalue weighted by molar-refractivity contribution is 6.09. The van der Waals surface area contributed by atoms with Gasteiger partial charge in [0.1, 0.15) is 23.1 Å². The minimum atomic E-state index is -0.399. The fourth-order valence-electron chi connectivity index (χ4n) is 3.39. The second-order valence-corrected chi connectivity index (χ2v) is 7.33. The maximum Gasteiger partial charge on any atom is 0.146 e. The van der Waals surface area contributed by atoms with E-state index >= 15 is 0 Å². The molecule has 4 nitrogen and oxygen atoms in total. The van der Waals surface area contributed by atoms with Crippen LogP contribution in [-0.4, -0.2) is 23.1 Å². The van der Waals surface area contributed by atoms with E-state index in [1.54, 1.807) is 6.92 Å². The lowest BCUT2D eigenvalue weighted by molar-refractivity contribution is -0.128. The van der Waals surface area contributed by atoms with E-state index in [1.165, 1.54) is 0 Å². The van der Waals surface area contributed by atoms with Crippen molar-refractivity contribution in [1.29, 1.82) is 0 Å². The van der Waals surface area contributed by atoms with E-state index in [4.69, 9.17) is 0 Å². The Morgan fingerprint density at radius 2 is 1.78 bits per heavy atom. The van der Waals surface area contributed by atoms with Gasteiger partial charge in [0.25, 0.3) is 0 Å². The minimum absolute atomic E-state index is 0.0832. The first-order chi connectivity index (χ1) is 10.7. The zero-order valence-corrected chi connectivity index (χ0v) is 14.9. The van der Waals surface area contributed by atoms with Crippen LogP contribution in [0.15, 0.2) is 0 Å². The van der Waals surface area contributed by atoms with Crippen LogP contribution in [0.2, 0.25) is 0 Å². The first kappa shape index (κ1) is 19.7. The molecule has 0 aromatic carbocycles. The number of rotatable bonds is 10. The zero-order chi connectivity index (χ0) is 17.6. The lowest BCUT2D eigenvalue weighted by atomic mass is 9.86. The summed E-state index contributed by atoms with van der Waals surface area (Å²) in [6.45, 7) is 7.31. The zero-order valence-electron chi connectivity index (χ0n) is 14.9. The van der Waals surface area contributed by atoms with Gasteiger partial charge in [0.2, 0.25) is 0 Å². The number of hydrogen-bond donors (Lipinski definition) is 0. The van der Waals surface area contributed by atoms with Crippen LogP contribution in [0, 0.1) is 23.7 Å². The predicted molar refractivity (Wildman–Crippen MR) is 89.0 cm³/mol. The summed E-state index contributed by atoms with van der Waals surface area (Å²) in [5.74, 6) is -0.0960. The fourth-order valence-corrected chi connectivity index (χ4v) is 3.39. The molecule has 0 aromatic heterocycles. The SMILES string of the molecule is CC(=O)[C@@H](CC(=O)CCCCCC1C(=O)CC(C)C1=O)C(C)C. The second kappa shape index (κ2) is 9.09. The van der Waals surface area contributed by atoms with Crippen LogP contribution in [-0.2, 0) is 19.2 Å². The Labute approximate surface area is 139 Å². The van der Waals surface area contributed by atoms with Gasteiger partial charge < -0.3 is 0 Å². The summed E-state index contributed by atoms with van der Waals surface area (Å²) in [4.78, 5) is 47.0. The van der Waals surface area contributed by atoms with Gasteiger partial charge >= 0.3 is 0 Å². The Bertz CT molecular complexity index is 464. The van der Waals surface area contributed by atoms with Gasteiger partial charge in [0.05, 0.1) is 5.92 Å². The largest absolute Gasteiger partial charge is 0.300 e. The monoisotopic (exact) mass is 322 g/mol. The predicted octanol–water partition coefficient (Wildman–Crippen LogP) is 3.55. The molecule has 1 fully saturated rings. The van der Waals surface area contributed by atoms with E-state index in [0.29, 0.717) is 25.7 Å². The first-order valence-corrected chi connectivity index (χ1v) is 8.82. The third kappa shape index (κ3) is 6.00. The van der Waals surface area contributed by atoms with Crippen molar-refractivity contribution < 1.29 is 19.2 Å². The third-order valence-corrected chi connectivity index (χ3v) is 4.95. The molecule has 1 aliphatic carbocycles. The number of carbonyl (C=O) groups excluding carboxylic acids is 4. The van der Waals surface area contributed by atoms with Crippen LogP contribution >= 0.6 is 0 Å². The quantitative estimate of drug-likeness (QED) is 0.455. The molecule has 0 spiro atoms. The van der Waals surface area contributed by atoms with Crippen molar-refractivity contribution in [3.63, 3.8) is 0 Å². The molecular formula is C19H30O4. The summed E-state index contributed by atoms with van der Waals surface area (Å²) in [5.41, 5.74) is 0. The number of carbonyl (C=O) groups is 4. The lowest BCUT2D eigenvalue weighted by Crippen LogP contribution is -2.21. The van der Waals surface area contributed by atoms with Crippen LogP contribution < -0.4 is 0 Å². The van der Waals surface area contributed by atoms with Crippen molar-refractivity contribution in [2.45, 2.75) is 72.6 Å². The molecule has 1 rings (SSSR count). The number of ketones is 4. The molecule has 0 saturated heterocycles. The minimum Gasteiger partial charge on any atom is -0.300 e. The second-order valence-electron chi connectivity index (χ2n) is 7.33. The molecule has 0 radical (unpaired) electrons. The Morgan fingerprint density at radius 3 is 2.26 bits per heavy atom. The molecule has 0 heterocycles. The van der Waals surface area contributed by atoms with E-state index in [9.17, 15) is 19.2 Å². The topological polar surface area (TPSA) is 68.3 Å². The maximum atomic E-state index is 12.0. The highest BCUT2D eigenvalue weighted by Gasteiger charge is 2.37. The highest BCUT2D eigenvalue weighted by atomic mass is 16.2. The molecule has 1 aliphatic rings. The van der Waals surface area contributed by atoms with Gasteiger partial charge in [-0.25, -0.2) is 0 Å². The lowest BCUT2D eigenvalue weighted by Gasteiger charge is -2.16. The summed E-state index contributed by atoms with van der Waals surface area (Å²) in [5, 5.41) is 0. The van der Waals surface area contributed by atoms with Crippen molar-refractivity contribution in [2.75, 3.05) is 0 Å². The van der Waals surface area contributed by atoms with E-state index < -0.39 is 5.92 Å². The Morgan fingerprint density at radius 1 is 1.13 bits per heavy atom. The average Bonchev–Trinajstić information content (AvgIpc) is 2.69. The van der Waals surface area contributed by atoms with Crippen molar-refractivity contribution in [2.24, 2.45) is 23.7 Å². The van der Waals surface area contributed by atoms with Crippen molar-refractivity contribution in [3.05, 3.63) is 0 Å². The van der Waals surface area contributed by atoms with E-state index in [-0.39, 0.29) is 40.9 Å². The molecule has 4 heteroatoms. The summed E-state index contributed by atoms with van der Waals surface area (Å²) >= 11 is 0. The summed E-state index contributed by atoms with van der Waals surface area (Å²) in [6.07, 6.45) is 4.27. The number of Topliss-reactive ketones (excluding diaryl/α,β-unsaturated/α-hetero) is 4. The molecule has 0 bridgehead atoms. The van der Waals surface area contributed by atoms with Crippen LogP contribution in [0.4, 0.5) is 0 Å². The van der Waals surface area contributed by atoms with E-state index in [1.807, 2.05) is 20.8 Å². The molecular weight excluding hydrogens is 292 g/mol. The van der Waals surface area contributed by atoms with Crippen molar-refractivity contribution in [3.8, 4) is 0 Å².